The minimum Gasteiger partial charge on any atom is -0.504 e. The summed E-state index contributed by atoms with van der Waals surface area (Å²) in [6, 6.07) is 5.45. The first-order valence-electron chi connectivity index (χ1n) is 6.98. The summed E-state index contributed by atoms with van der Waals surface area (Å²) in [4.78, 5) is 0. The number of hydrogen-bond donors (Lipinski definition) is 2. The van der Waals surface area contributed by atoms with E-state index in [1.54, 1.807) is 19.2 Å². The maximum absolute atomic E-state index is 9.66. The molecule has 1 aromatic rings. The van der Waals surface area contributed by atoms with Crippen molar-refractivity contribution in [2.45, 2.75) is 38.3 Å². The van der Waals surface area contributed by atoms with Crippen LogP contribution in [0.2, 0.25) is 0 Å². The minimum absolute atomic E-state index is 0.184. The summed E-state index contributed by atoms with van der Waals surface area (Å²) < 4.78 is 10.8. The Morgan fingerprint density at radius 3 is 2.79 bits per heavy atom. The number of benzene rings is 1. The van der Waals surface area contributed by atoms with Crippen molar-refractivity contribution < 1.29 is 14.6 Å². The van der Waals surface area contributed by atoms with Gasteiger partial charge in [0.2, 0.25) is 0 Å². The summed E-state index contributed by atoms with van der Waals surface area (Å²) >= 11 is 0. The van der Waals surface area contributed by atoms with Gasteiger partial charge in [0, 0.05) is 13.1 Å². The van der Waals surface area contributed by atoms with Gasteiger partial charge in [0.1, 0.15) is 0 Å². The number of nitrogens with one attached hydrogen (secondary N) is 1. The predicted molar refractivity (Wildman–Crippen MR) is 74.6 cm³/mol. The van der Waals surface area contributed by atoms with Crippen LogP contribution in [0, 0.1) is 0 Å². The van der Waals surface area contributed by atoms with Gasteiger partial charge in [0.15, 0.2) is 11.5 Å². The second-order valence-electron chi connectivity index (χ2n) is 4.96. The van der Waals surface area contributed by atoms with Gasteiger partial charge in [-0.2, -0.15) is 0 Å². The minimum atomic E-state index is 0.184. The Labute approximate surface area is 114 Å². The molecule has 1 aromatic carbocycles. The Morgan fingerprint density at radius 2 is 2.11 bits per heavy atom. The summed E-state index contributed by atoms with van der Waals surface area (Å²) in [5.74, 6) is 0.692. The Balaban J connectivity index is 1.63. The van der Waals surface area contributed by atoms with E-state index in [0.29, 0.717) is 11.9 Å². The zero-order valence-corrected chi connectivity index (χ0v) is 11.5. The maximum atomic E-state index is 9.66. The van der Waals surface area contributed by atoms with Crippen molar-refractivity contribution in [2.75, 3.05) is 20.3 Å². The highest BCUT2D eigenvalue weighted by molar-refractivity contribution is 5.41. The molecule has 0 aromatic heterocycles. The molecule has 0 bridgehead atoms. The third kappa shape index (κ3) is 4.40. The van der Waals surface area contributed by atoms with Gasteiger partial charge in [-0.05, 0) is 30.5 Å². The normalized spacial score (nSPS) is 15.8. The highest BCUT2D eigenvalue weighted by Gasteiger charge is 2.14. The quantitative estimate of drug-likeness (QED) is 0.744. The van der Waals surface area contributed by atoms with Gasteiger partial charge in [-0.15, -0.1) is 0 Å². The molecule has 1 aliphatic carbocycles. The Kier molecular flexibility index (Phi) is 5.48. The summed E-state index contributed by atoms with van der Waals surface area (Å²) in [5.41, 5.74) is 1.04. The molecule has 1 aliphatic rings. The van der Waals surface area contributed by atoms with E-state index in [4.69, 9.17) is 9.47 Å². The highest BCUT2D eigenvalue weighted by atomic mass is 16.5. The molecule has 0 atom stereocenters. The molecule has 0 saturated heterocycles. The van der Waals surface area contributed by atoms with Crippen LogP contribution in [0.1, 0.15) is 31.2 Å². The summed E-state index contributed by atoms with van der Waals surface area (Å²) in [6.45, 7) is 2.32. The van der Waals surface area contributed by atoms with Crippen molar-refractivity contribution in [3.05, 3.63) is 23.8 Å². The van der Waals surface area contributed by atoms with E-state index in [-0.39, 0.29) is 5.75 Å². The fourth-order valence-electron chi connectivity index (χ4n) is 2.43. The Hall–Kier alpha value is -1.26. The lowest BCUT2D eigenvalue weighted by atomic mass is 10.2. The van der Waals surface area contributed by atoms with Crippen LogP contribution >= 0.6 is 0 Å². The smallest absolute Gasteiger partial charge is 0.160 e. The molecule has 106 valence electrons. The standard InChI is InChI=1S/C15H23NO3/c1-18-15-7-6-12(10-14(15)17)11-16-8-9-19-13-4-2-3-5-13/h6-7,10,13,16-17H,2-5,8-9,11H2,1H3. The van der Waals surface area contributed by atoms with Crippen molar-refractivity contribution in [3.63, 3.8) is 0 Å². The first kappa shape index (κ1) is 14.2. The molecule has 0 spiro atoms. The third-order valence-corrected chi connectivity index (χ3v) is 3.51. The molecule has 19 heavy (non-hydrogen) atoms. The lowest BCUT2D eigenvalue weighted by Gasteiger charge is -2.12. The first-order valence-corrected chi connectivity index (χ1v) is 6.98. The Bertz CT molecular complexity index is 389. The summed E-state index contributed by atoms with van der Waals surface area (Å²) in [7, 11) is 1.55. The second-order valence-corrected chi connectivity index (χ2v) is 4.96. The molecular formula is C15H23NO3. The molecule has 0 unspecified atom stereocenters. The van der Waals surface area contributed by atoms with Crippen LogP contribution in [0.3, 0.4) is 0 Å². The predicted octanol–water partition coefficient (Wildman–Crippen LogP) is 2.45. The largest absolute Gasteiger partial charge is 0.504 e. The van der Waals surface area contributed by atoms with Gasteiger partial charge in [0.25, 0.3) is 0 Å². The molecule has 1 saturated carbocycles. The number of aromatic hydroxyl groups is 1. The van der Waals surface area contributed by atoms with Crippen molar-refractivity contribution in [1.29, 1.82) is 0 Å². The fraction of sp³-hybridized carbons (Fsp3) is 0.600. The van der Waals surface area contributed by atoms with Crippen LogP contribution in [0.15, 0.2) is 18.2 Å². The van der Waals surface area contributed by atoms with Crippen LogP contribution < -0.4 is 10.1 Å². The van der Waals surface area contributed by atoms with E-state index < -0.39 is 0 Å². The molecule has 1 fully saturated rings. The zero-order valence-electron chi connectivity index (χ0n) is 11.5. The lowest BCUT2D eigenvalue weighted by Crippen LogP contribution is -2.21. The van der Waals surface area contributed by atoms with E-state index in [9.17, 15) is 5.11 Å². The number of phenols is 1. The zero-order chi connectivity index (χ0) is 13.5. The molecule has 2 rings (SSSR count). The highest BCUT2D eigenvalue weighted by Crippen LogP contribution is 2.26. The van der Waals surface area contributed by atoms with Gasteiger partial charge in [-0.3, -0.25) is 0 Å². The third-order valence-electron chi connectivity index (χ3n) is 3.51. The van der Waals surface area contributed by atoms with E-state index in [0.717, 1.165) is 25.3 Å². The molecular weight excluding hydrogens is 242 g/mol. The van der Waals surface area contributed by atoms with E-state index in [1.807, 2.05) is 6.07 Å². The number of hydrogen-bond acceptors (Lipinski definition) is 4. The van der Waals surface area contributed by atoms with Crippen molar-refractivity contribution in [1.82, 2.24) is 5.32 Å². The first-order chi connectivity index (χ1) is 9.29. The van der Waals surface area contributed by atoms with Crippen molar-refractivity contribution in [3.8, 4) is 11.5 Å². The van der Waals surface area contributed by atoms with Crippen LogP contribution in [0.5, 0.6) is 11.5 Å². The van der Waals surface area contributed by atoms with E-state index in [1.165, 1.54) is 25.7 Å². The van der Waals surface area contributed by atoms with Crippen LogP contribution in [-0.2, 0) is 11.3 Å². The number of methoxy groups -OCH3 is 1. The van der Waals surface area contributed by atoms with Crippen molar-refractivity contribution >= 4 is 0 Å². The van der Waals surface area contributed by atoms with Gasteiger partial charge in [0.05, 0.1) is 19.8 Å². The lowest BCUT2D eigenvalue weighted by molar-refractivity contribution is 0.0602. The maximum Gasteiger partial charge on any atom is 0.160 e. The second kappa shape index (κ2) is 7.36. The summed E-state index contributed by atoms with van der Waals surface area (Å²) in [5, 5.41) is 13.0. The van der Waals surface area contributed by atoms with Crippen LogP contribution in [-0.4, -0.2) is 31.5 Å². The number of rotatable bonds is 7. The average Bonchev–Trinajstić information content (AvgIpc) is 2.92. The van der Waals surface area contributed by atoms with Gasteiger partial charge in [-0.1, -0.05) is 18.9 Å². The van der Waals surface area contributed by atoms with E-state index in [2.05, 4.69) is 5.32 Å². The van der Waals surface area contributed by atoms with Crippen LogP contribution in [0.4, 0.5) is 0 Å². The molecule has 4 heteroatoms. The average molecular weight is 265 g/mol. The van der Waals surface area contributed by atoms with Crippen molar-refractivity contribution in [2.24, 2.45) is 0 Å². The fourth-order valence-corrected chi connectivity index (χ4v) is 2.43. The molecule has 0 heterocycles. The van der Waals surface area contributed by atoms with Gasteiger partial charge in [-0.25, -0.2) is 0 Å². The van der Waals surface area contributed by atoms with Crippen LogP contribution in [0.25, 0.3) is 0 Å². The monoisotopic (exact) mass is 265 g/mol. The Morgan fingerprint density at radius 1 is 1.32 bits per heavy atom. The van der Waals surface area contributed by atoms with E-state index >= 15 is 0 Å². The molecule has 0 amide bonds. The molecule has 0 radical (unpaired) electrons. The molecule has 4 nitrogen and oxygen atoms in total. The number of ether oxygens (including phenoxy) is 2. The SMILES string of the molecule is COc1ccc(CNCCOC2CCCC2)cc1O. The van der Waals surface area contributed by atoms with Gasteiger partial charge < -0.3 is 19.9 Å². The molecule has 2 N–H and O–H groups in total. The van der Waals surface area contributed by atoms with Gasteiger partial charge >= 0.3 is 0 Å². The topological polar surface area (TPSA) is 50.7 Å². The number of phenolic OH excluding ortho intramolecular Hbond substituents is 1. The molecule has 0 aliphatic heterocycles. The summed E-state index contributed by atoms with van der Waals surface area (Å²) in [6.07, 6.45) is 5.53.